The van der Waals surface area contributed by atoms with Crippen molar-refractivity contribution < 1.29 is 19.1 Å². The van der Waals surface area contributed by atoms with E-state index in [9.17, 15) is 14.4 Å². The predicted octanol–water partition coefficient (Wildman–Crippen LogP) is 5.47. The lowest BCUT2D eigenvalue weighted by Gasteiger charge is -2.18. The summed E-state index contributed by atoms with van der Waals surface area (Å²) in [6.07, 6.45) is -0.815. The molecule has 3 aromatic rings. The molecular weight excluding hydrogens is 402 g/mol. The first-order valence-electron chi connectivity index (χ1n) is 9.43. The highest BCUT2D eigenvalue weighted by molar-refractivity contribution is 6.30. The van der Waals surface area contributed by atoms with Gasteiger partial charge in [-0.1, -0.05) is 67.1 Å². The van der Waals surface area contributed by atoms with Crippen LogP contribution in [0.25, 0.3) is 0 Å². The van der Waals surface area contributed by atoms with E-state index >= 15 is 0 Å². The number of carbonyl (C=O) groups is 3. The number of carbonyl (C=O) groups excluding carboxylic acids is 3. The van der Waals surface area contributed by atoms with E-state index in [0.717, 1.165) is 0 Å². The van der Waals surface area contributed by atoms with Crippen LogP contribution in [0.2, 0.25) is 5.02 Å². The van der Waals surface area contributed by atoms with Gasteiger partial charge < -0.3 is 10.1 Å². The van der Waals surface area contributed by atoms with E-state index in [0.29, 0.717) is 28.3 Å². The van der Waals surface area contributed by atoms with Gasteiger partial charge in [-0.2, -0.15) is 0 Å². The molecule has 0 spiro atoms. The third kappa shape index (κ3) is 5.33. The highest BCUT2D eigenvalue weighted by atomic mass is 35.5. The number of rotatable bonds is 7. The lowest BCUT2D eigenvalue weighted by atomic mass is 9.99. The molecular formula is C24H20ClNO4. The zero-order valence-corrected chi connectivity index (χ0v) is 17.1. The number of esters is 1. The minimum Gasteiger partial charge on any atom is -0.445 e. The van der Waals surface area contributed by atoms with E-state index in [4.69, 9.17) is 16.3 Å². The molecule has 0 unspecified atom stereocenters. The maximum atomic E-state index is 13.1. The number of halogens is 1. The standard InChI is InChI=1S/C24H20ClNO4/c1-2-21(27)26-20-10-6-9-18(15-20)24(29)30-23(17-11-13-19(25)14-12-17)22(28)16-7-4-3-5-8-16/h3-15,23H,2H2,1H3,(H,26,27)/t23-/m1/s1. The van der Waals surface area contributed by atoms with Gasteiger partial charge in [0.2, 0.25) is 11.7 Å². The molecule has 1 amide bonds. The smallest absolute Gasteiger partial charge is 0.339 e. The molecule has 0 aliphatic carbocycles. The van der Waals surface area contributed by atoms with Crippen molar-refractivity contribution in [2.45, 2.75) is 19.4 Å². The number of anilines is 1. The van der Waals surface area contributed by atoms with Crippen molar-refractivity contribution >= 4 is 34.9 Å². The molecule has 0 heterocycles. The van der Waals surface area contributed by atoms with Gasteiger partial charge in [0.1, 0.15) is 0 Å². The number of hydrogen-bond donors (Lipinski definition) is 1. The van der Waals surface area contributed by atoms with Crippen molar-refractivity contribution in [3.63, 3.8) is 0 Å². The van der Waals surface area contributed by atoms with Crippen molar-refractivity contribution in [3.05, 3.63) is 101 Å². The van der Waals surface area contributed by atoms with E-state index in [1.54, 1.807) is 79.7 Å². The summed E-state index contributed by atoms with van der Waals surface area (Å²) in [5.74, 6) is -1.19. The molecule has 152 valence electrons. The topological polar surface area (TPSA) is 72.5 Å². The van der Waals surface area contributed by atoms with Crippen LogP contribution in [0.15, 0.2) is 78.9 Å². The van der Waals surface area contributed by atoms with Crippen molar-refractivity contribution in [1.82, 2.24) is 0 Å². The fraction of sp³-hybridized carbons (Fsp3) is 0.125. The second kappa shape index (κ2) is 9.85. The summed E-state index contributed by atoms with van der Waals surface area (Å²) in [4.78, 5) is 37.5. The molecule has 3 rings (SSSR count). The molecule has 0 saturated carbocycles. The molecule has 1 atom stereocenters. The normalized spacial score (nSPS) is 11.4. The van der Waals surface area contributed by atoms with Gasteiger partial charge >= 0.3 is 5.97 Å². The average molecular weight is 422 g/mol. The number of benzene rings is 3. The Morgan fingerprint density at radius 2 is 1.57 bits per heavy atom. The zero-order chi connectivity index (χ0) is 21.5. The minimum atomic E-state index is -1.13. The quantitative estimate of drug-likeness (QED) is 0.405. The van der Waals surface area contributed by atoms with Crippen molar-refractivity contribution in [3.8, 4) is 0 Å². The number of Topliss-reactive ketones (excluding diaryl/α,β-unsaturated/α-hetero) is 1. The molecule has 0 aliphatic heterocycles. The predicted molar refractivity (Wildman–Crippen MR) is 116 cm³/mol. The summed E-state index contributed by atoms with van der Waals surface area (Å²) in [6, 6.07) is 21.6. The number of ketones is 1. The van der Waals surface area contributed by atoms with Gasteiger partial charge in [0.25, 0.3) is 0 Å². The molecule has 6 heteroatoms. The minimum absolute atomic E-state index is 0.168. The van der Waals surface area contributed by atoms with Crippen LogP contribution < -0.4 is 5.32 Å². The van der Waals surface area contributed by atoms with Gasteiger partial charge in [-0.25, -0.2) is 4.79 Å². The fourth-order valence-corrected chi connectivity index (χ4v) is 2.94. The van der Waals surface area contributed by atoms with Gasteiger partial charge in [-0.15, -0.1) is 0 Å². The van der Waals surface area contributed by atoms with Crippen molar-refractivity contribution in [2.75, 3.05) is 5.32 Å². The van der Waals surface area contributed by atoms with Crippen LogP contribution in [0.4, 0.5) is 5.69 Å². The van der Waals surface area contributed by atoms with E-state index in [1.165, 1.54) is 6.07 Å². The second-order valence-electron chi connectivity index (χ2n) is 6.55. The highest BCUT2D eigenvalue weighted by Gasteiger charge is 2.27. The average Bonchev–Trinajstić information content (AvgIpc) is 2.78. The SMILES string of the molecule is CCC(=O)Nc1cccc(C(=O)O[C@@H](C(=O)c2ccccc2)c2ccc(Cl)cc2)c1. The summed E-state index contributed by atoms with van der Waals surface area (Å²) in [5.41, 5.74) is 1.64. The summed E-state index contributed by atoms with van der Waals surface area (Å²) in [7, 11) is 0. The molecule has 0 saturated heterocycles. The Kier molecular flexibility index (Phi) is 6.99. The van der Waals surface area contributed by atoms with Crippen molar-refractivity contribution in [2.24, 2.45) is 0 Å². The number of nitrogens with one attached hydrogen (secondary N) is 1. The summed E-state index contributed by atoms with van der Waals surface area (Å²) >= 11 is 5.96. The first kappa shape index (κ1) is 21.3. The molecule has 0 radical (unpaired) electrons. The number of hydrogen-bond acceptors (Lipinski definition) is 4. The molecule has 1 N–H and O–H groups in total. The highest BCUT2D eigenvalue weighted by Crippen LogP contribution is 2.26. The molecule has 0 bridgehead atoms. The van der Waals surface area contributed by atoms with Crippen LogP contribution in [0.1, 0.15) is 45.7 Å². The Balaban J connectivity index is 1.88. The third-order valence-corrected chi connectivity index (χ3v) is 4.65. The largest absolute Gasteiger partial charge is 0.445 e. The summed E-state index contributed by atoms with van der Waals surface area (Å²) in [6.45, 7) is 1.74. The van der Waals surface area contributed by atoms with Gasteiger partial charge in [-0.05, 0) is 30.3 Å². The van der Waals surface area contributed by atoms with E-state index in [-0.39, 0.29) is 17.3 Å². The first-order valence-corrected chi connectivity index (χ1v) is 9.81. The molecule has 0 aromatic heterocycles. The monoisotopic (exact) mass is 421 g/mol. The van der Waals surface area contributed by atoms with Crippen molar-refractivity contribution in [1.29, 1.82) is 0 Å². The Morgan fingerprint density at radius 1 is 0.900 bits per heavy atom. The van der Waals surface area contributed by atoms with E-state index in [1.807, 2.05) is 0 Å². The van der Waals surface area contributed by atoms with Gasteiger partial charge in [0, 0.05) is 28.3 Å². The fourth-order valence-electron chi connectivity index (χ4n) is 2.81. The van der Waals surface area contributed by atoms with Crippen LogP contribution in [-0.2, 0) is 9.53 Å². The first-order chi connectivity index (χ1) is 14.5. The third-order valence-electron chi connectivity index (χ3n) is 4.40. The molecule has 0 fully saturated rings. The molecule has 5 nitrogen and oxygen atoms in total. The van der Waals surface area contributed by atoms with Crippen LogP contribution in [0, 0.1) is 0 Å². The van der Waals surface area contributed by atoms with E-state index < -0.39 is 12.1 Å². The Morgan fingerprint density at radius 3 is 2.23 bits per heavy atom. The maximum Gasteiger partial charge on any atom is 0.339 e. The van der Waals surface area contributed by atoms with Crippen LogP contribution >= 0.6 is 11.6 Å². The van der Waals surface area contributed by atoms with Gasteiger partial charge in [0.15, 0.2) is 6.10 Å². The van der Waals surface area contributed by atoms with Gasteiger partial charge in [0.05, 0.1) is 5.56 Å². The Hall–Kier alpha value is -3.44. The Labute approximate surface area is 179 Å². The van der Waals surface area contributed by atoms with Gasteiger partial charge in [-0.3, -0.25) is 9.59 Å². The van der Waals surface area contributed by atoms with Crippen LogP contribution in [0.5, 0.6) is 0 Å². The zero-order valence-electron chi connectivity index (χ0n) is 16.3. The lowest BCUT2D eigenvalue weighted by Crippen LogP contribution is -2.20. The van der Waals surface area contributed by atoms with Crippen LogP contribution in [-0.4, -0.2) is 17.7 Å². The van der Waals surface area contributed by atoms with Crippen LogP contribution in [0.3, 0.4) is 0 Å². The molecule has 3 aromatic carbocycles. The summed E-state index contributed by atoms with van der Waals surface area (Å²) < 4.78 is 5.62. The summed E-state index contributed by atoms with van der Waals surface area (Å²) in [5, 5.41) is 3.21. The number of ether oxygens (including phenoxy) is 1. The number of amides is 1. The van der Waals surface area contributed by atoms with E-state index in [2.05, 4.69) is 5.32 Å². The Bertz CT molecular complexity index is 1050. The second-order valence-corrected chi connectivity index (χ2v) is 6.99. The molecule has 0 aliphatic rings. The maximum absolute atomic E-state index is 13.1. The molecule has 30 heavy (non-hydrogen) atoms. The lowest BCUT2D eigenvalue weighted by molar-refractivity contribution is -0.115.